The molecule has 1 fully saturated rings. The highest BCUT2D eigenvalue weighted by Crippen LogP contribution is 2.19. The van der Waals surface area contributed by atoms with Gasteiger partial charge in [-0.25, -0.2) is 0 Å². The Balaban J connectivity index is 1.88. The lowest BCUT2D eigenvalue weighted by Gasteiger charge is -2.30. The largest absolute Gasteiger partial charge is 0.325 e. The maximum absolute atomic E-state index is 11.8. The summed E-state index contributed by atoms with van der Waals surface area (Å²) >= 11 is 1.56. The van der Waals surface area contributed by atoms with E-state index in [0.717, 1.165) is 18.2 Å². The molecule has 0 saturated carbocycles. The molecule has 0 radical (unpaired) electrons. The predicted octanol–water partition coefficient (Wildman–Crippen LogP) is 3.61. The molecule has 1 N–H and O–H groups in total. The van der Waals surface area contributed by atoms with Gasteiger partial charge in [-0.3, -0.25) is 9.69 Å². The van der Waals surface area contributed by atoms with Gasteiger partial charge in [0.2, 0.25) is 5.91 Å². The number of piperidine rings is 1. The van der Waals surface area contributed by atoms with Crippen LogP contribution in [0.4, 0.5) is 5.69 Å². The lowest BCUT2D eigenvalue weighted by molar-refractivity contribution is -0.115. The Labute approximate surface area is 132 Å². The molecule has 116 valence electrons. The number of hydrogen-bond acceptors (Lipinski definition) is 3. The zero-order chi connectivity index (χ0) is 15.2. The lowest BCUT2D eigenvalue weighted by atomic mass is 10.00. The molecule has 0 spiro atoms. The summed E-state index contributed by atoms with van der Waals surface area (Å²) in [5.74, 6) is 0.880. The van der Waals surface area contributed by atoms with Crippen LogP contribution in [0.5, 0.6) is 0 Å². The maximum atomic E-state index is 11.8. The van der Waals surface area contributed by atoms with Crippen molar-refractivity contribution in [3.05, 3.63) is 29.8 Å². The second-order valence-corrected chi connectivity index (χ2v) is 7.23. The fourth-order valence-corrected chi connectivity index (χ4v) is 3.01. The first-order valence-electron chi connectivity index (χ1n) is 7.73. The highest BCUT2D eigenvalue weighted by molar-refractivity contribution is 7.99. The third kappa shape index (κ3) is 5.04. The number of carbonyl (C=O) groups excluding carboxylic acids is 1. The van der Waals surface area contributed by atoms with E-state index in [1.165, 1.54) is 31.5 Å². The van der Waals surface area contributed by atoms with Crippen LogP contribution in [0, 0.1) is 5.92 Å². The standard InChI is InChI=1S/C17H26N2OS/c1-13-5-4-10-19(11-13)12-15-6-8-16(9-7-15)18-17(20)14(2)21-3/h6-9,13-14H,4-5,10-12H2,1-3H3,(H,18,20)/t13-,14+/m0/s1. The molecule has 2 atom stereocenters. The monoisotopic (exact) mass is 306 g/mol. The molecule has 1 amide bonds. The second kappa shape index (κ2) is 7.85. The van der Waals surface area contributed by atoms with E-state index in [1.807, 2.05) is 25.3 Å². The predicted molar refractivity (Wildman–Crippen MR) is 91.7 cm³/mol. The summed E-state index contributed by atoms with van der Waals surface area (Å²) in [6.45, 7) is 7.67. The number of nitrogens with one attached hydrogen (secondary N) is 1. The van der Waals surface area contributed by atoms with E-state index in [1.54, 1.807) is 11.8 Å². The molecule has 1 saturated heterocycles. The Morgan fingerprint density at radius 3 is 2.76 bits per heavy atom. The fraction of sp³-hybridized carbons (Fsp3) is 0.588. The number of nitrogens with zero attached hydrogens (tertiary/aromatic N) is 1. The van der Waals surface area contributed by atoms with Crippen LogP contribution in [0.3, 0.4) is 0 Å². The van der Waals surface area contributed by atoms with Crippen LogP contribution < -0.4 is 5.32 Å². The molecule has 1 aliphatic rings. The smallest absolute Gasteiger partial charge is 0.237 e. The molecule has 0 aliphatic carbocycles. The van der Waals surface area contributed by atoms with Crippen LogP contribution in [-0.4, -0.2) is 35.4 Å². The highest BCUT2D eigenvalue weighted by Gasteiger charge is 2.16. The van der Waals surface area contributed by atoms with Gasteiger partial charge in [0.05, 0.1) is 5.25 Å². The Bertz CT molecular complexity index is 460. The van der Waals surface area contributed by atoms with Gasteiger partial charge in [0.15, 0.2) is 0 Å². The van der Waals surface area contributed by atoms with E-state index < -0.39 is 0 Å². The number of benzene rings is 1. The van der Waals surface area contributed by atoms with Crippen molar-refractivity contribution >= 4 is 23.4 Å². The molecule has 21 heavy (non-hydrogen) atoms. The van der Waals surface area contributed by atoms with E-state index in [0.29, 0.717) is 0 Å². The third-order valence-corrected chi connectivity index (χ3v) is 5.01. The lowest BCUT2D eigenvalue weighted by Crippen LogP contribution is -2.33. The van der Waals surface area contributed by atoms with Gasteiger partial charge in [0.25, 0.3) is 0 Å². The van der Waals surface area contributed by atoms with Crippen molar-refractivity contribution in [3.8, 4) is 0 Å². The SMILES string of the molecule is CS[C@H](C)C(=O)Nc1ccc(CN2CCC[C@H](C)C2)cc1. The van der Waals surface area contributed by atoms with Gasteiger partial charge >= 0.3 is 0 Å². The van der Waals surface area contributed by atoms with Crippen molar-refractivity contribution in [2.75, 3.05) is 24.7 Å². The number of carbonyl (C=O) groups is 1. The van der Waals surface area contributed by atoms with Crippen molar-refractivity contribution in [2.24, 2.45) is 5.92 Å². The number of likely N-dealkylation sites (tertiary alicyclic amines) is 1. The Morgan fingerprint density at radius 2 is 2.14 bits per heavy atom. The fourth-order valence-electron chi connectivity index (χ4n) is 2.73. The van der Waals surface area contributed by atoms with Crippen molar-refractivity contribution in [3.63, 3.8) is 0 Å². The summed E-state index contributed by atoms with van der Waals surface area (Å²) in [6.07, 6.45) is 4.62. The van der Waals surface area contributed by atoms with Gasteiger partial charge in [-0.15, -0.1) is 0 Å². The van der Waals surface area contributed by atoms with Gasteiger partial charge in [0, 0.05) is 18.8 Å². The first kappa shape index (κ1) is 16.4. The maximum Gasteiger partial charge on any atom is 0.237 e. The average Bonchev–Trinajstić information content (AvgIpc) is 2.48. The molecular weight excluding hydrogens is 280 g/mol. The average molecular weight is 306 g/mol. The molecule has 1 heterocycles. The van der Waals surface area contributed by atoms with Crippen LogP contribution in [0.2, 0.25) is 0 Å². The number of anilines is 1. The summed E-state index contributed by atoms with van der Waals surface area (Å²) in [5, 5.41) is 2.94. The van der Waals surface area contributed by atoms with Crippen molar-refractivity contribution in [1.29, 1.82) is 0 Å². The molecule has 2 rings (SSSR count). The van der Waals surface area contributed by atoms with Crippen molar-refractivity contribution in [2.45, 2.75) is 38.5 Å². The normalized spacial score (nSPS) is 21.0. The zero-order valence-corrected chi connectivity index (χ0v) is 14.1. The Hall–Kier alpha value is -1.00. The van der Waals surface area contributed by atoms with Gasteiger partial charge < -0.3 is 5.32 Å². The summed E-state index contributed by atoms with van der Waals surface area (Å²) in [5.41, 5.74) is 2.21. The number of hydrogen-bond donors (Lipinski definition) is 1. The van der Waals surface area contributed by atoms with Crippen LogP contribution >= 0.6 is 11.8 Å². The van der Waals surface area contributed by atoms with Gasteiger partial charge in [0.1, 0.15) is 0 Å². The van der Waals surface area contributed by atoms with Crippen LogP contribution in [0.15, 0.2) is 24.3 Å². The van der Waals surface area contributed by atoms with E-state index in [4.69, 9.17) is 0 Å². The highest BCUT2D eigenvalue weighted by atomic mass is 32.2. The van der Waals surface area contributed by atoms with Gasteiger partial charge in [-0.1, -0.05) is 19.1 Å². The molecule has 1 aromatic carbocycles. The zero-order valence-electron chi connectivity index (χ0n) is 13.3. The Morgan fingerprint density at radius 1 is 1.43 bits per heavy atom. The van der Waals surface area contributed by atoms with E-state index in [-0.39, 0.29) is 11.2 Å². The number of amides is 1. The number of thioether (sulfide) groups is 1. The van der Waals surface area contributed by atoms with Gasteiger partial charge in [-0.2, -0.15) is 11.8 Å². The molecule has 0 bridgehead atoms. The minimum absolute atomic E-state index is 0.0143. The molecule has 0 aromatic heterocycles. The van der Waals surface area contributed by atoms with Gasteiger partial charge in [-0.05, 0) is 56.2 Å². The summed E-state index contributed by atoms with van der Waals surface area (Å²) < 4.78 is 0. The van der Waals surface area contributed by atoms with Crippen LogP contribution in [0.1, 0.15) is 32.3 Å². The van der Waals surface area contributed by atoms with E-state index in [2.05, 4.69) is 29.3 Å². The first-order chi connectivity index (χ1) is 10.1. The van der Waals surface area contributed by atoms with E-state index >= 15 is 0 Å². The minimum Gasteiger partial charge on any atom is -0.325 e. The quantitative estimate of drug-likeness (QED) is 0.902. The van der Waals surface area contributed by atoms with Crippen molar-refractivity contribution in [1.82, 2.24) is 4.90 Å². The first-order valence-corrected chi connectivity index (χ1v) is 9.02. The minimum atomic E-state index is -0.0143. The van der Waals surface area contributed by atoms with Crippen LogP contribution in [-0.2, 0) is 11.3 Å². The summed E-state index contributed by atoms with van der Waals surface area (Å²) in [7, 11) is 0. The number of rotatable bonds is 5. The second-order valence-electron chi connectivity index (χ2n) is 6.05. The summed E-state index contributed by atoms with van der Waals surface area (Å²) in [4.78, 5) is 14.4. The third-order valence-electron chi connectivity index (χ3n) is 4.09. The van der Waals surface area contributed by atoms with Crippen LogP contribution in [0.25, 0.3) is 0 Å². The van der Waals surface area contributed by atoms with Crippen molar-refractivity contribution < 1.29 is 4.79 Å². The molecule has 1 aromatic rings. The Kier molecular flexibility index (Phi) is 6.12. The molecule has 0 unspecified atom stereocenters. The molecule has 4 heteroatoms. The molecule has 1 aliphatic heterocycles. The van der Waals surface area contributed by atoms with E-state index in [9.17, 15) is 4.79 Å². The molecular formula is C17H26N2OS. The summed E-state index contributed by atoms with van der Waals surface area (Å²) in [6, 6.07) is 8.26. The topological polar surface area (TPSA) is 32.3 Å². The molecule has 3 nitrogen and oxygen atoms in total.